The van der Waals surface area contributed by atoms with Crippen molar-refractivity contribution >= 4 is 39.1 Å². The van der Waals surface area contributed by atoms with E-state index in [0.717, 1.165) is 19.5 Å². The molecule has 0 unspecified atom stereocenters. The number of rotatable bonds is 3. The Balaban J connectivity index is 1.66. The van der Waals surface area contributed by atoms with E-state index in [1.165, 1.54) is 16.4 Å². The number of benzene rings is 1. The minimum absolute atomic E-state index is 0.0279. The molecule has 27 heavy (non-hydrogen) atoms. The van der Waals surface area contributed by atoms with Gasteiger partial charge in [0.15, 0.2) is 0 Å². The Kier molecular flexibility index (Phi) is 6.41. The van der Waals surface area contributed by atoms with Gasteiger partial charge in [0, 0.05) is 37.1 Å². The number of sulfonamides is 1. The molecular formula is C19H26Cl2N2O3S. The van der Waals surface area contributed by atoms with Gasteiger partial charge < -0.3 is 4.90 Å². The summed E-state index contributed by atoms with van der Waals surface area (Å²) in [6, 6.07) is 4.44. The van der Waals surface area contributed by atoms with Crippen molar-refractivity contribution in [2.24, 2.45) is 17.8 Å². The summed E-state index contributed by atoms with van der Waals surface area (Å²) in [6.07, 6.45) is 2.23. The molecule has 0 spiro atoms. The highest BCUT2D eigenvalue weighted by molar-refractivity contribution is 7.89. The first-order chi connectivity index (χ1) is 12.7. The Labute approximate surface area is 171 Å². The molecule has 2 aliphatic heterocycles. The van der Waals surface area contributed by atoms with E-state index in [2.05, 4.69) is 13.8 Å². The minimum Gasteiger partial charge on any atom is -0.342 e. The summed E-state index contributed by atoms with van der Waals surface area (Å²) in [5.41, 5.74) is 0. The molecule has 2 fully saturated rings. The van der Waals surface area contributed by atoms with E-state index < -0.39 is 10.0 Å². The predicted octanol–water partition coefficient (Wildman–Crippen LogP) is 3.90. The van der Waals surface area contributed by atoms with Gasteiger partial charge in [0.05, 0.1) is 5.02 Å². The van der Waals surface area contributed by atoms with Crippen molar-refractivity contribution in [3.05, 3.63) is 28.2 Å². The molecule has 0 aromatic heterocycles. The van der Waals surface area contributed by atoms with Crippen LogP contribution in [0.5, 0.6) is 0 Å². The molecule has 1 aromatic rings. The molecule has 1 amide bonds. The van der Waals surface area contributed by atoms with E-state index in [1.807, 2.05) is 4.90 Å². The van der Waals surface area contributed by atoms with Gasteiger partial charge in [-0.1, -0.05) is 37.0 Å². The molecule has 5 nitrogen and oxygen atoms in total. The topological polar surface area (TPSA) is 57.7 Å². The Bertz CT molecular complexity index is 797. The molecular weight excluding hydrogens is 407 g/mol. The number of nitrogens with zero attached hydrogens (tertiary/aromatic N) is 2. The van der Waals surface area contributed by atoms with E-state index in [4.69, 9.17) is 23.2 Å². The Hall–Kier alpha value is -0.820. The van der Waals surface area contributed by atoms with Gasteiger partial charge in [-0.3, -0.25) is 4.79 Å². The summed E-state index contributed by atoms with van der Waals surface area (Å²) >= 11 is 12.0. The van der Waals surface area contributed by atoms with Crippen LogP contribution in [0.4, 0.5) is 0 Å². The first kappa shape index (κ1) is 20.9. The van der Waals surface area contributed by atoms with Crippen LogP contribution in [0.3, 0.4) is 0 Å². The summed E-state index contributed by atoms with van der Waals surface area (Å²) in [5, 5.41) is 0.491. The second-order valence-electron chi connectivity index (χ2n) is 7.94. The number of hydrogen-bond acceptors (Lipinski definition) is 3. The van der Waals surface area contributed by atoms with Gasteiger partial charge in [-0.25, -0.2) is 8.42 Å². The van der Waals surface area contributed by atoms with Crippen LogP contribution in [0.1, 0.15) is 33.1 Å². The number of amides is 1. The Morgan fingerprint density at radius 3 is 2.26 bits per heavy atom. The van der Waals surface area contributed by atoms with Crippen LogP contribution in [-0.2, 0) is 14.8 Å². The second kappa shape index (κ2) is 8.27. The zero-order valence-electron chi connectivity index (χ0n) is 15.7. The van der Waals surface area contributed by atoms with Crippen molar-refractivity contribution < 1.29 is 13.2 Å². The maximum atomic E-state index is 12.9. The van der Waals surface area contributed by atoms with Crippen molar-refractivity contribution in [1.29, 1.82) is 0 Å². The first-order valence-corrected chi connectivity index (χ1v) is 11.6. The van der Waals surface area contributed by atoms with Gasteiger partial charge in [0.2, 0.25) is 15.9 Å². The number of hydrogen-bond donors (Lipinski definition) is 0. The molecule has 0 radical (unpaired) electrons. The number of carbonyl (C=O) groups is 1. The van der Waals surface area contributed by atoms with Gasteiger partial charge in [-0.05, 0) is 49.3 Å². The highest BCUT2D eigenvalue weighted by Gasteiger charge is 2.36. The Morgan fingerprint density at radius 2 is 1.67 bits per heavy atom. The molecule has 0 saturated carbocycles. The molecule has 3 rings (SSSR count). The van der Waals surface area contributed by atoms with Crippen molar-refractivity contribution in [1.82, 2.24) is 9.21 Å². The fraction of sp³-hybridized carbons (Fsp3) is 0.632. The fourth-order valence-corrected chi connectivity index (χ4v) is 6.47. The molecule has 8 heteroatoms. The molecule has 2 aliphatic rings. The SMILES string of the molecule is C[C@H]1C[C@H](C)CN(C(=O)C2CCN(S(=O)(=O)c3cc(Cl)ccc3Cl)CC2)C1. The second-order valence-corrected chi connectivity index (χ2v) is 10.7. The minimum atomic E-state index is -3.71. The van der Waals surface area contributed by atoms with E-state index in [1.54, 1.807) is 6.07 Å². The summed E-state index contributed by atoms with van der Waals surface area (Å²) < 4.78 is 27.2. The molecule has 150 valence electrons. The van der Waals surface area contributed by atoms with Gasteiger partial charge in [0.1, 0.15) is 4.90 Å². The van der Waals surface area contributed by atoms with Gasteiger partial charge in [0.25, 0.3) is 0 Å². The van der Waals surface area contributed by atoms with Gasteiger partial charge in [-0.2, -0.15) is 4.31 Å². The maximum Gasteiger partial charge on any atom is 0.244 e. The standard InChI is InChI=1S/C19H26Cl2N2O3S/c1-13-9-14(2)12-22(11-13)19(24)15-5-7-23(8-6-15)27(25,26)18-10-16(20)3-4-17(18)21/h3-4,10,13-15H,5-9,11-12H2,1-2H3/t13-,14-/m0/s1. The third-order valence-corrected chi connectivity index (χ3v) is 8.11. The predicted molar refractivity (Wildman–Crippen MR) is 107 cm³/mol. The highest BCUT2D eigenvalue weighted by Crippen LogP contribution is 2.31. The maximum absolute atomic E-state index is 12.9. The Morgan fingerprint density at radius 1 is 1.07 bits per heavy atom. The van der Waals surface area contributed by atoms with Crippen LogP contribution in [0, 0.1) is 17.8 Å². The van der Waals surface area contributed by atoms with Crippen LogP contribution >= 0.6 is 23.2 Å². The normalized spacial score (nSPS) is 25.6. The monoisotopic (exact) mass is 432 g/mol. The lowest BCUT2D eigenvalue weighted by Crippen LogP contribution is -2.48. The third-order valence-electron chi connectivity index (χ3n) is 5.49. The fourth-order valence-electron chi connectivity index (χ4n) is 4.26. The largest absolute Gasteiger partial charge is 0.342 e. The summed E-state index contributed by atoms with van der Waals surface area (Å²) in [4.78, 5) is 14.9. The van der Waals surface area contributed by atoms with Crippen LogP contribution in [0.2, 0.25) is 10.0 Å². The molecule has 2 heterocycles. The van der Waals surface area contributed by atoms with Crippen molar-refractivity contribution in [2.45, 2.75) is 38.0 Å². The summed E-state index contributed by atoms with van der Waals surface area (Å²) in [7, 11) is -3.71. The molecule has 2 saturated heterocycles. The zero-order valence-corrected chi connectivity index (χ0v) is 18.0. The average molecular weight is 433 g/mol. The summed E-state index contributed by atoms with van der Waals surface area (Å²) in [5.74, 6) is 1.10. The average Bonchev–Trinajstić information content (AvgIpc) is 2.62. The quantitative estimate of drug-likeness (QED) is 0.727. The zero-order chi connectivity index (χ0) is 19.8. The lowest BCUT2D eigenvalue weighted by Gasteiger charge is -2.39. The summed E-state index contributed by atoms with van der Waals surface area (Å²) in [6.45, 7) is 6.61. The van der Waals surface area contributed by atoms with E-state index in [-0.39, 0.29) is 21.7 Å². The molecule has 0 aliphatic carbocycles. The molecule has 0 N–H and O–H groups in total. The van der Waals surface area contributed by atoms with Gasteiger partial charge >= 0.3 is 0 Å². The van der Waals surface area contributed by atoms with Crippen LogP contribution in [0.15, 0.2) is 23.1 Å². The molecule has 1 aromatic carbocycles. The van der Waals surface area contributed by atoms with E-state index >= 15 is 0 Å². The smallest absolute Gasteiger partial charge is 0.244 e. The number of piperidine rings is 2. The van der Waals surface area contributed by atoms with Crippen LogP contribution in [-0.4, -0.2) is 49.7 Å². The van der Waals surface area contributed by atoms with Crippen molar-refractivity contribution in [2.75, 3.05) is 26.2 Å². The molecule has 2 atom stereocenters. The van der Waals surface area contributed by atoms with Crippen molar-refractivity contribution in [3.63, 3.8) is 0 Å². The van der Waals surface area contributed by atoms with Crippen LogP contribution in [0.25, 0.3) is 0 Å². The van der Waals surface area contributed by atoms with E-state index in [0.29, 0.717) is 42.8 Å². The molecule has 0 bridgehead atoms. The van der Waals surface area contributed by atoms with E-state index in [9.17, 15) is 13.2 Å². The van der Waals surface area contributed by atoms with Gasteiger partial charge in [-0.15, -0.1) is 0 Å². The lowest BCUT2D eigenvalue weighted by molar-refractivity contribution is -0.139. The van der Waals surface area contributed by atoms with Crippen molar-refractivity contribution in [3.8, 4) is 0 Å². The van der Waals surface area contributed by atoms with Crippen LogP contribution < -0.4 is 0 Å². The lowest BCUT2D eigenvalue weighted by atomic mass is 9.89. The number of likely N-dealkylation sites (tertiary alicyclic amines) is 1. The third kappa shape index (κ3) is 4.61. The number of carbonyl (C=O) groups excluding carboxylic acids is 1. The highest BCUT2D eigenvalue weighted by atomic mass is 35.5. The number of halogens is 2. The first-order valence-electron chi connectivity index (χ1n) is 9.42.